The van der Waals surface area contributed by atoms with Crippen LogP contribution in [0.1, 0.15) is 19.8 Å². The Balaban J connectivity index is 1.88. The van der Waals surface area contributed by atoms with Crippen LogP contribution < -0.4 is 5.73 Å². The lowest BCUT2D eigenvalue weighted by Crippen LogP contribution is -2.52. The topological polar surface area (TPSA) is 83.7 Å². The number of hydrogen-bond donors (Lipinski definition) is 1. The molecule has 1 aliphatic carbocycles. The smallest absolute Gasteiger partial charge is 0.229 e. The summed E-state index contributed by atoms with van der Waals surface area (Å²) in [6.45, 7) is 3.60. The molecule has 20 heavy (non-hydrogen) atoms. The van der Waals surface area contributed by atoms with E-state index in [1.807, 2.05) is 19.1 Å². The van der Waals surface area contributed by atoms with E-state index in [2.05, 4.69) is 0 Å². The number of carbonyl (C=O) groups excluding carboxylic acids is 1. The van der Waals surface area contributed by atoms with E-state index in [4.69, 9.17) is 5.73 Å². The molecule has 6 nitrogen and oxygen atoms in total. The van der Waals surface area contributed by atoms with E-state index in [9.17, 15) is 13.2 Å². The zero-order chi connectivity index (χ0) is 14.8. The number of sulfonamides is 1. The van der Waals surface area contributed by atoms with Crippen molar-refractivity contribution in [1.29, 1.82) is 0 Å². The molecule has 1 heterocycles. The summed E-state index contributed by atoms with van der Waals surface area (Å²) in [5.74, 6) is 0.117. The third-order valence-electron chi connectivity index (χ3n) is 3.84. The van der Waals surface area contributed by atoms with Crippen molar-refractivity contribution in [3.63, 3.8) is 0 Å². The lowest BCUT2D eigenvalue weighted by Gasteiger charge is -2.35. The number of nitrogens with zero attached hydrogens (tertiary/aromatic N) is 2. The van der Waals surface area contributed by atoms with Crippen LogP contribution in [0.2, 0.25) is 0 Å². The van der Waals surface area contributed by atoms with Crippen molar-refractivity contribution in [2.45, 2.75) is 25.8 Å². The first kappa shape index (κ1) is 15.5. The number of hydrogen-bond acceptors (Lipinski definition) is 4. The highest BCUT2D eigenvalue weighted by molar-refractivity contribution is 7.89. The highest BCUT2D eigenvalue weighted by atomic mass is 32.2. The highest BCUT2D eigenvalue weighted by Crippen LogP contribution is 2.20. The summed E-state index contributed by atoms with van der Waals surface area (Å²) in [4.78, 5) is 14.0. The number of piperazine rings is 1. The molecule has 2 unspecified atom stereocenters. The predicted molar refractivity (Wildman–Crippen MR) is 77.5 cm³/mol. The second-order valence-electron chi connectivity index (χ2n) is 5.43. The maximum Gasteiger partial charge on any atom is 0.229 e. The van der Waals surface area contributed by atoms with Gasteiger partial charge in [0.2, 0.25) is 15.9 Å². The van der Waals surface area contributed by atoms with Crippen LogP contribution in [0, 0.1) is 5.92 Å². The molecule has 0 bridgehead atoms. The van der Waals surface area contributed by atoms with Crippen molar-refractivity contribution in [2.24, 2.45) is 11.7 Å². The largest absolute Gasteiger partial charge is 0.340 e. The Morgan fingerprint density at radius 2 is 1.90 bits per heavy atom. The number of amides is 1. The Morgan fingerprint density at radius 3 is 2.40 bits per heavy atom. The second kappa shape index (κ2) is 6.24. The molecule has 1 fully saturated rings. The molecule has 1 saturated heterocycles. The van der Waals surface area contributed by atoms with E-state index < -0.39 is 10.0 Å². The fourth-order valence-corrected chi connectivity index (χ4v) is 4.21. The minimum Gasteiger partial charge on any atom is -0.340 e. The van der Waals surface area contributed by atoms with Gasteiger partial charge in [-0.25, -0.2) is 8.42 Å². The molecule has 0 aromatic carbocycles. The van der Waals surface area contributed by atoms with Gasteiger partial charge in [-0.3, -0.25) is 4.79 Å². The summed E-state index contributed by atoms with van der Waals surface area (Å²) >= 11 is 0. The first-order chi connectivity index (χ1) is 9.44. The van der Waals surface area contributed by atoms with Crippen LogP contribution >= 0.6 is 0 Å². The van der Waals surface area contributed by atoms with Gasteiger partial charge in [-0.05, 0) is 12.8 Å². The minimum absolute atomic E-state index is 0.0322. The van der Waals surface area contributed by atoms with Gasteiger partial charge < -0.3 is 10.6 Å². The molecule has 2 atom stereocenters. The Labute approximate surface area is 120 Å². The Hall–Kier alpha value is -0.920. The molecule has 0 spiro atoms. The van der Waals surface area contributed by atoms with E-state index in [0.29, 0.717) is 39.0 Å². The average Bonchev–Trinajstić information content (AvgIpc) is 2.85. The molecule has 7 heteroatoms. The van der Waals surface area contributed by atoms with Crippen LogP contribution in [0.25, 0.3) is 0 Å². The van der Waals surface area contributed by atoms with Crippen molar-refractivity contribution in [2.75, 3.05) is 31.9 Å². The minimum atomic E-state index is -3.15. The average molecular weight is 301 g/mol. The first-order valence-corrected chi connectivity index (χ1v) is 8.75. The molecule has 0 aromatic rings. The maximum absolute atomic E-state index is 12.3. The van der Waals surface area contributed by atoms with Gasteiger partial charge in [-0.2, -0.15) is 4.31 Å². The molecular weight excluding hydrogens is 278 g/mol. The van der Waals surface area contributed by atoms with E-state index in [1.165, 1.54) is 4.31 Å². The van der Waals surface area contributed by atoms with Gasteiger partial charge >= 0.3 is 0 Å². The van der Waals surface area contributed by atoms with Gasteiger partial charge in [0, 0.05) is 32.2 Å². The Morgan fingerprint density at radius 1 is 1.25 bits per heavy atom. The molecule has 2 rings (SSSR count). The number of nitrogens with two attached hydrogens (primary N) is 1. The fourth-order valence-electron chi connectivity index (χ4n) is 2.72. The maximum atomic E-state index is 12.3. The lowest BCUT2D eigenvalue weighted by molar-refractivity contribution is -0.135. The molecule has 1 amide bonds. The van der Waals surface area contributed by atoms with Gasteiger partial charge in [0.25, 0.3) is 0 Å². The van der Waals surface area contributed by atoms with E-state index in [0.717, 1.165) is 0 Å². The van der Waals surface area contributed by atoms with Crippen LogP contribution in [0.5, 0.6) is 0 Å². The van der Waals surface area contributed by atoms with Crippen LogP contribution in [0.3, 0.4) is 0 Å². The van der Waals surface area contributed by atoms with Crippen molar-refractivity contribution >= 4 is 15.9 Å². The zero-order valence-electron chi connectivity index (χ0n) is 11.9. The summed E-state index contributed by atoms with van der Waals surface area (Å²) in [5, 5.41) is 0. The first-order valence-electron chi connectivity index (χ1n) is 7.14. The molecule has 0 saturated carbocycles. The van der Waals surface area contributed by atoms with Gasteiger partial charge in [-0.15, -0.1) is 0 Å². The zero-order valence-corrected chi connectivity index (χ0v) is 12.7. The second-order valence-corrected chi connectivity index (χ2v) is 7.52. The Kier molecular flexibility index (Phi) is 4.82. The van der Waals surface area contributed by atoms with Gasteiger partial charge in [0.15, 0.2) is 0 Å². The molecule has 2 N–H and O–H groups in total. The summed E-state index contributed by atoms with van der Waals surface area (Å²) in [5.41, 5.74) is 5.76. The standard InChI is InChI=1S/C13H23N3O3S/c1-2-9-20(18,19)16-7-5-15(6-8-16)13(17)11-3-4-12(14)10-11/h3-4,11-12H,2,5-10,14H2,1H3. The molecule has 0 aromatic heterocycles. The van der Waals surface area contributed by atoms with Crippen molar-refractivity contribution in [3.05, 3.63) is 12.2 Å². The molecule has 0 radical (unpaired) electrons. The van der Waals surface area contributed by atoms with Crippen molar-refractivity contribution in [1.82, 2.24) is 9.21 Å². The van der Waals surface area contributed by atoms with Gasteiger partial charge in [0.1, 0.15) is 0 Å². The normalized spacial score (nSPS) is 28.0. The third kappa shape index (κ3) is 3.39. The number of rotatable bonds is 4. The summed E-state index contributed by atoms with van der Waals surface area (Å²) in [6, 6.07) is -0.0322. The quantitative estimate of drug-likeness (QED) is 0.727. The van der Waals surface area contributed by atoms with Crippen LogP contribution in [0.15, 0.2) is 12.2 Å². The monoisotopic (exact) mass is 301 g/mol. The van der Waals surface area contributed by atoms with Crippen LogP contribution in [-0.2, 0) is 14.8 Å². The fraction of sp³-hybridized carbons (Fsp3) is 0.769. The van der Waals surface area contributed by atoms with Gasteiger partial charge in [0.05, 0.1) is 11.7 Å². The van der Waals surface area contributed by atoms with Gasteiger partial charge in [-0.1, -0.05) is 19.1 Å². The van der Waals surface area contributed by atoms with E-state index >= 15 is 0 Å². The van der Waals surface area contributed by atoms with E-state index in [1.54, 1.807) is 4.90 Å². The summed E-state index contributed by atoms with van der Waals surface area (Å²) in [6.07, 6.45) is 5.01. The molecule has 114 valence electrons. The Bertz CT molecular complexity index is 481. The van der Waals surface area contributed by atoms with Crippen LogP contribution in [0.4, 0.5) is 0 Å². The molecule has 2 aliphatic rings. The summed E-state index contributed by atoms with van der Waals surface area (Å²) < 4.78 is 25.4. The lowest BCUT2D eigenvalue weighted by atomic mass is 10.1. The summed E-state index contributed by atoms with van der Waals surface area (Å²) in [7, 11) is -3.15. The van der Waals surface area contributed by atoms with Crippen LogP contribution in [-0.4, -0.2) is 61.5 Å². The van der Waals surface area contributed by atoms with Crippen molar-refractivity contribution < 1.29 is 13.2 Å². The SMILES string of the molecule is CCCS(=O)(=O)N1CCN(C(=O)C2C=CC(N)C2)CC1. The molecule has 1 aliphatic heterocycles. The molecular formula is C13H23N3O3S. The van der Waals surface area contributed by atoms with Crippen molar-refractivity contribution in [3.8, 4) is 0 Å². The highest BCUT2D eigenvalue weighted by Gasteiger charge is 2.32. The predicted octanol–water partition coefficient (Wildman–Crippen LogP) is -0.226. The number of carbonyl (C=O) groups is 1. The van der Waals surface area contributed by atoms with E-state index in [-0.39, 0.29) is 23.6 Å². The third-order valence-corrected chi connectivity index (χ3v) is 5.92.